The van der Waals surface area contributed by atoms with Crippen LogP contribution in [-0.4, -0.2) is 9.79 Å². The second-order valence-electron chi connectivity index (χ2n) is 4.59. The molecule has 2 aromatic rings. The van der Waals surface area contributed by atoms with Crippen LogP contribution in [0, 0.1) is 27.7 Å². The lowest BCUT2D eigenvalue weighted by molar-refractivity contribution is 0.405. The first-order chi connectivity index (χ1) is 9.31. The van der Waals surface area contributed by atoms with Crippen molar-refractivity contribution < 1.29 is 14.4 Å². The van der Waals surface area contributed by atoms with Crippen molar-refractivity contribution in [3.63, 3.8) is 0 Å². The lowest BCUT2D eigenvalue weighted by atomic mass is 10.2. The lowest BCUT2D eigenvalue weighted by Crippen LogP contribution is -1.70. The average molecular weight is 294 g/mol. The Labute approximate surface area is 121 Å². The van der Waals surface area contributed by atoms with Gasteiger partial charge in [-0.2, -0.15) is 0 Å². The van der Waals surface area contributed by atoms with Gasteiger partial charge >= 0.3 is 8.25 Å². The molecule has 0 spiro atoms. The number of benzene rings is 2. The van der Waals surface area contributed by atoms with Crippen molar-refractivity contribution in [2.75, 3.05) is 0 Å². The van der Waals surface area contributed by atoms with Gasteiger partial charge in [0.25, 0.3) is 0 Å². The molecule has 0 aliphatic rings. The third-order valence-corrected chi connectivity index (χ3v) is 2.44. The minimum Gasteiger partial charge on any atom is -0.326 e. The van der Waals surface area contributed by atoms with E-state index < -0.39 is 8.25 Å². The maximum Gasteiger partial charge on any atom is 0.314 e. The molecule has 0 radical (unpaired) electrons. The molecule has 0 aliphatic carbocycles. The van der Waals surface area contributed by atoms with E-state index in [0.29, 0.717) is 0 Å². The monoisotopic (exact) mass is 294 g/mol. The van der Waals surface area contributed by atoms with Crippen molar-refractivity contribution in [2.45, 2.75) is 27.7 Å². The molecule has 0 atom stereocenters. The van der Waals surface area contributed by atoms with E-state index in [1.165, 1.54) is 22.3 Å². The van der Waals surface area contributed by atoms with Crippen molar-refractivity contribution in [2.24, 2.45) is 0 Å². The predicted octanol–water partition coefficient (Wildman–Crippen LogP) is 3.97. The van der Waals surface area contributed by atoms with Crippen LogP contribution in [0.25, 0.3) is 0 Å². The summed E-state index contributed by atoms with van der Waals surface area (Å²) in [4.78, 5) is 14.3. The van der Waals surface area contributed by atoms with E-state index in [4.69, 9.17) is 14.4 Å². The number of aryl methyl sites for hydroxylation is 4. The molecule has 2 rings (SSSR count). The highest BCUT2D eigenvalue weighted by Crippen LogP contribution is 2.00. The fourth-order valence-electron chi connectivity index (χ4n) is 1.27. The number of rotatable bonds is 0. The molecule has 0 fully saturated rings. The summed E-state index contributed by atoms with van der Waals surface area (Å²) in [5.41, 5.74) is 5.32. The van der Waals surface area contributed by atoms with Gasteiger partial charge in [0.1, 0.15) is 0 Å². The highest BCUT2D eigenvalue weighted by Gasteiger charge is 1.80. The van der Waals surface area contributed by atoms with Crippen LogP contribution >= 0.6 is 8.25 Å². The van der Waals surface area contributed by atoms with Crippen molar-refractivity contribution in [3.8, 4) is 0 Å². The molecule has 2 N–H and O–H groups in total. The zero-order valence-corrected chi connectivity index (χ0v) is 13.4. The summed E-state index contributed by atoms with van der Waals surface area (Å²) < 4.78 is 8.74. The molecular weight excluding hydrogens is 271 g/mol. The second kappa shape index (κ2) is 10.4. The maximum absolute atomic E-state index is 8.74. The fraction of sp³-hybridized carbons (Fsp3) is 0.250. The van der Waals surface area contributed by atoms with Gasteiger partial charge in [0.05, 0.1) is 0 Å². The molecule has 0 unspecified atom stereocenters. The van der Waals surface area contributed by atoms with Crippen LogP contribution in [0.15, 0.2) is 48.5 Å². The normalized spacial score (nSPS) is 9.15. The highest BCUT2D eigenvalue weighted by atomic mass is 31.1. The van der Waals surface area contributed by atoms with Gasteiger partial charge in [-0.25, -0.2) is 0 Å². The molecule has 0 heterocycles. The zero-order chi connectivity index (χ0) is 15.5. The van der Waals surface area contributed by atoms with Crippen LogP contribution in [0.2, 0.25) is 0 Å². The molecule has 2 aromatic carbocycles. The minimum absolute atomic E-state index is 1.33. The fourth-order valence-corrected chi connectivity index (χ4v) is 1.27. The molecule has 0 amide bonds. The van der Waals surface area contributed by atoms with Gasteiger partial charge in [-0.3, -0.25) is 4.57 Å². The topological polar surface area (TPSA) is 57.5 Å². The zero-order valence-electron chi connectivity index (χ0n) is 12.4. The quantitative estimate of drug-likeness (QED) is 0.723. The van der Waals surface area contributed by atoms with Gasteiger partial charge in [-0.1, -0.05) is 70.8 Å². The second-order valence-corrected chi connectivity index (χ2v) is 5.16. The number of hydrogen-bond acceptors (Lipinski definition) is 1. The Hall–Kier alpha value is -1.41. The molecule has 3 nitrogen and oxygen atoms in total. The Morgan fingerprint density at radius 2 is 0.700 bits per heavy atom. The largest absolute Gasteiger partial charge is 0.326 e. The highest BCUT2D eigenvalue weighted by molar-refractivity contribution is 7.30. The Bertz CT molecular complexity index is 415. The van der Waals surface area contributed by atoms with Crippen LogP contribution in [0.1, 0.15) is 22.3 Å². The van der Waals surface area contributed by atoms with Crippen LogP contribution < -0.4 is 0 Å². The Balaban J connectivity index is 0.000000289. The molecule has 0 saturated heterocycles. The number of hydrogen-bond donors (Lipinski definition) is 2. The SMILES string of the molecule is Cc1ccc(C)cc1.Cc1ccc(C)cc1.O=[PH](O)O. The first-order valence-corrected chi connectivity index (χ1v) is 7.60. The third kappa shape index (κ3) is 11.7. The summed E-state index contributed by atoms with van der Waals surface area (Å²) in [6, 6.07) is 17.0. The van der Waals surface area contributed by atoms with Crippen LogP contribution in [0.5, 0.6) is 0 Å². The molecule has 4 heteroatoms. The van der Waals surface area contributed by atoms with E-state index in [9.17, 15) is 0 Å². The van der Waals surface area contributed by atoms with Gasteiger partial charge in [0.15, 0.2) is 0 Å². The first-order valence-electron chi connectivity index (χ1n) is 6.29. The van der Waals surface area contributed by atoms with Crippen LogP contribution in [0.4, 0.5) is 0 Å². The predicted molar refractivity (Wildman–Crippen MR) is 85.3 cm³/mol. The van der Waals surface area contributed by atoms with Crippen molar-refractivity contribution in [1.82, 2.24) is 0 Å². The van der Waals surface area contributed by atoms with Gasteiger partial charge in [0.2, 0.25) is 0 Å². The van der Waals surface area contributed by atoms with E-state index in [0.717, 1.165) is 0 Å². The molecule has 110 valence electrons. The van der Waals surface area contributed by atoms with Crippen LogP contribution in [-0.2, 0) is 4.57 Å². The summed E-state index contributed by atoms with van der Waals surface area (Å²) in [5, 5.41) is 0. The van der Waals surface area contributed by atoms with Gasteiger partial charge in [-0.15, -0.1) is 0 Å². The summed E-state index contributed by atoms with van der Waals surface area (Å²) in [6.45, 7) is 8.39. The first kappa shape index (κ1) is 18.6. The molecule has 0 saturated carbocycles. The molecular formula is C16H23O3P. The van der Waals surface area contributed by atoms with E-state index in [-0.39, 0.29) is 0 Å². The Morgan fingerprint density at radius 3 is 0.800 bits per heavy atom. The summed E-state index contributed by atoms with van der Waals surface area (Å²) in [5.74, 6) is 0. The van der Waals surface area contributed by atoms with E-state index in [2.05, 4.69) is 76.2 Å². The molecule has 20 heavy (non-hydrogen) atoms. The van der Waals surface area contributed by atoms with E-state index >= 15 is 0 Å². The van der Waals surface area contributed by atoms with Crippen molar-refractivity contribution in [3.05, 3.63) is 70.8 Å². The van der Waals surface area contributed by atoms with Crippen LogP contribution in [0.3, 0.4) is 0 Å². The Kier molecular flexibility index (Phi) is 9.65. The average Bonchev–Trinajstić information content (AvgIpc) is 2.37. The van der Waals surface area contributed by atoms with Gasteiger partial charge in [-0.05, 0) is 27.7 Å². The summed E-state index contributed by atoms with van der Waals surface area (Å²) in [7, 11) is -3.13. The van der Waals surface area contributed by atoms with Crippen molar-refractivity contribution >= 4 is 8.25 Å². The lowest BCUT2D eigenvalue weighted by Gasteiger charge is -1.90. The molecule has 0 bridgehead atoms. The summed E-state index contributed by atoms with van der Waals surface area (Å²) in [6.07, 6.45) is 0. The van der Waals surface area contributed by atoms with Gasteiger partial charge in [0, 0.05) is 0 Å². The summed E-state index contributed by atoms with van der Waals surface area (Å²) >= 11 is 0. The minimum atomic E-state index is -3.13. The standard InChI is InChI=1S/2C8H10.H3O3P/c2*1-7-3-5-8(2)6-4-7;1-4(2)3/h2*3-6H,1-2H3;4H,(H2,1,2,3). The van der Waals surface area contributed by atoms with E-state index in [1.807, 2.05) is 0 Å². The molecule has 0 aliphatic heterocycles. The van der Waals surface area contributed by atoms with E-state index in [1.54, 1.807) is 0 Å². The van der Waals surface area contributed by atoms with Crippen molar-refractivity contribution in [1.29, 1.82) is 0 Å². The smallest absolute Gasteiger partial charge is 0.314 e. The maximum atomic E-state index is 8.74. The molecule has 0 aromatic heterocycles. The van der Waals surface area contributed by atoms with Gasteiger partial charge < -0.3 is 9.79 Å². The Morgan fingerprint density at radius 1 is 0.600 bits per heavy atom. The third-order valence-electron chi connectivity index (χ3n) is 2.44.